The van der Waals surface area contributed by atoms with Gasteiger partial charge in [0.1, 0.15) is 12.1 Å². The summed E-state index contributed by atoms with van der Waals surface area (Å²) in [5.41, 5.74) is 1.18. The van der Waals surface area contributed by atoms with Crippen molar-refractivity contribution in [2.45, 2.75) is 10.8 Å². The molecule has 2 aromatic heterocycles. The Balaban J connectivity index is 1.94. The summed E-state index contributed by atoms with van der Waals surface area (Å²) in [6.45, 7) is 0. The van der Waals surface area contributed by atoms with Gasteiger partial charge in [-0.1, -0.05) is 6.07 Å². The minimum Gasteiger partial charge on any atom is -0.373 e. The molecule has 0 aliphatic carbocycles. The first-order valence-electron chi connectivity index (χ1n) is 4.90. The highest BCUT2D eigenvalue weighted by molar-refractivity contribution is 7.98. The molecular formula is C11H12N4S. The maximum atomic E-state index is 4.25. The van der Waals surface area contributed by atoms with Crippen LogP contribution in [0.1, 0.15) is 5.56 Å². The van der Waals surface area contributed by atoms with E-state index in [2.05, 4.69) is 26.3 Å². The zero-order valence-corrected chi connectivity index (χ0v) is 9.74. The second kappa shape index (κ2) is 5.46. The van der Waals surface area contributed by atoms with Crippen LogP contribution >= 0.6 is 11.8 Å². The fourth-order valence-electron chi connectivity index (χ4n) is 1.18. The third-order valence-electron chi connectivity index (χ3n) is 2.02. The Bertz CT molecular complexity index is 429. The Kier molecular flexibility index (Phi) is 3.71. The predicted molar refractivity (Wildman–Crippen MR) is 65.4 cm³/mol. The van der Waals surface area contributed by atoms with Crippen LogP contribution in [0, 0.1) is 0 Å². The zero-order chi connectivity index (χ0) is 11.2. The summed E-state index contributed by atoms with van der Waals surface area (Å²) in [5, 5.41) is 3.97. The Hall–Kier alpha value is -1.62. The molecule has 0 saturated heterocycles. The van der Waals surface area contributed by atoms with Gasteiger partial charge < -0.3 is 5.32 Å². The number of pyridine rings is 1. The van der Waals surface area contributed by atoms with E-state index in [0.29, 0.717) is 0 Å². The molecule has 0 bridgehead atoms. The van der Waals surface area contributed by atoms with E-state index in [1.165, 1.54) is 5.56 Å². The highest BCUT2D eigenvalue weighted by atomic mass is 32.2. The Morgan fingerprint density at radius 3 is 2.81 bits per heavy atom. The van der Waals surface area contributed by atoms with Gasteiger partial charge in [-0.25, -0.2) is 15.0 Å². The Morgan fingerprint density at radius 1 is 1.25 bits per heavy atom. The first kappa shape index (κ1) is 10.9. The lowest BCUT2D eigenvalue weighted by Gasteiger charge is -2.02. The normalized spacial score (nSPS) is 10.1. The van der Waals surface area contributed by atoms with Crippen LogP contribution in [0.2, 0.25) is 0 Å². The van der Waals surface area contributed by atoms with E-state index in [1.807, 2.05) is 25.4 Å². The molecular weight excluding hydrogens is 220 g/mol. The largest absolute Gasteiger partial charge is 0.373 e. The zero-order valence-electron chi connectivity index (χ0n) is 8.92. The van der Waals surface area contributed by atoms with Crippen molar-refractivity contribution in [1.29, 1.82) is 0 Å². The van der Waals surface area contributed by atoms with Crippen LogP contribution in [0.5, 0.6) is 0 Å². The number of anilines is 1. The summed E-state index contributed by atoms with van der Waals surface area (Å²) < 4.78 is 0. The molecule has 1 N–H and O–H groups in total. The maximum Gasteiger partial charge on any atom is 0.125 e. The molecule has 2 rings (SSSR count). The molecule has 0 fully saturated rings. The summed E-state index contributed by atoms with van der Waals surface area (Å²) in [5.74, 6) is 1.75. The first-order chi connectivity index (χ1) is 7.88. The number of hydrogen-bond donors (Lipinski definition) is 1. The van der Waals surface area contributed by atoms with E-state index in [1.54, 1.807) is 24.3 Å². The smallest absolute Gasteiger partial charge is 0.125 e. The van der Waals surface area contributed by atoms with Crippen LogP contribution in [-0.4, -0.2) is 22.0 Å². The second-order valence-corrected chi connectivity index (χ2v) is 4.13. The van der Waals surface area contributed by atoms with Crippen molar-refractivity contribution in [2.75, 3.05) is 12.4 Å². The Morgan fingerprint density at radius 2 is 2.19 bits per heavy atom. The number of aromatic nitrogens is 3. The fraction of sp³-hybridized carbons (Fsp3) is 0.182. The van der Waals surface area contributed by atoms with Crippen molar-refractivity contribution in [2.24, 2.45) is 0 Å². The van der Waals surface area contributed by atoms with Gasteiger partial charge in [0.25, 0.3) is 0 Å². The SMILES string of the molecule is CNc1ccc(CSc2ccncn2)cn1. The quantitative estimate of drug-likeness (QED) is 0.647. The Labute approximate surface area is 98.6 Å². The third kappa shape index (κ3) is 2.93. The van der Waals surface area contributed by atoms with E-state index in [0.717, 1.165) is 16.6 Å². The van der Waals surface area contributed by atoms with E-state index in [4.69, 9.17) is 0 Å². The molecule has 0 aliphatic rings. The predicted octanol–water partition coefficient (Wildman–Crippen LogP) is 2.21. The standard InChI is InChI=1S/C11H12N4S/c1-12-10-3-2-9(6-14-10)7-16-11-4-5-13-8-15-11/h2-6,8H,7H2,1H3,(H,12,14). The summed E-state index contributed by atoms with van der Waals surface area (Å²) in [6, 6.07) is 5.93. The molecule has 0 aromatic carbocycles. The van der Waals surface area contributed by atoms with Crippen molar-refractivity contribution in [1.82, 2.24) is 15.0 Å². The molecule has 2 aromatic rings. The number of thioether (sulfide) groups is 1. The van der Waals surface area contributed by atoms with Gasteiger partial charge >= 0.3 is 0 Å². The highest BCUT2D eigenvalue weighted by Gasteiger charge is 1.97. The number of rotatable bonds is 4. The summed E-state index contributed by atoms with van der Waals surface area (Å²) in [6.07, 6.45) is 5.18. The van der Waals surface area contributed by atoms with Crippen LogP contribution in [-0.2, 0) is 5.75 Å². The molecule has 2 heterocycles. The van der Waals surface area contributed by atoms with Gasteiger partial charge in [0.2, 0.25) is 0 Å². The number of hydrogen-bond acceptors (Lipinski definition) is 5. The molecule has 82 valence electrons. The molecule has 16 heavy (non-hydrogen) atoms. The van der Waals surface area contributed by atoms with Gasteiger partial charge in [-0.15, -0.1) is 11.8 Å². The van der Waals surface area contributed by atoms with E-state index < -0.39 is 0 Å². The molecule has 4 nitrogen and oxygen atoms in total. The van der Waals surface area contributed by atoms with E-state index in [9.17, 15) is 0 Å². The topological polar surface area (TPSA) is 50.7 Å². The average Bonchev–Trinajstić information content (AvgIpc) is 2.38. The van der Waals surface area contributed by atoms with Gasteiger partial charge in [-0.3, -0.25) is 0 Å². The summed E-state index contributed by atoms with van der Waals surface area (Å²) in [4.78, 5) is 12.3. The monoisotopic (exact) mass is 232 g/mol. The van der Waals surface area contributed by atoms with Gasteiger partial charge in [0.05, 0.1) is 5.03 Å². The van der Waals surface area contributed by atoms with Crippen molar-refractivity contribution in [3.8, 4) is 0 Å². The lowest BCUT2D eigenvalue weighted by molar-refractivity contribution is 1.05. The van der Waals surface area contributed by atoms with Crippen molar-refractivity contribution < 1.29 is 0 Å². The van der Waals surface area contributed by atoms with Crippen molar-refractivity contribution >= 4 is 17.6 Å². The molecule has 0 atom stereocenters. The highest BCUT2D eigenvalue weighted by Crippen LogP contribution is 2.19. The van der Waals surface area contributed by atoms with Crippen LogP contribution in [0.4, 0.5) is 5.82 Å². The lowest BCUT2D eigenvalue weighted by atomic mass is 10.3. The molecule has 0 saturated carbocycles. The fourth-order valence-corrected chi connectivity index (χ4v) is 1.94. The lowest BCUT2D eigenvalue weighted by Crippen LogP contribution is -1.92. The molecule has 0 spiro atoms. The number of nitrogens with zero attached hydrogens (tertiary/aromatic N) is 3. The minimum atomic E-state index is 0.869. The van der Waals surface area contributed by atoms with Crippen LogP contribution in [0.3, 0.4) is 0 Å². The number of nitrogens with one attached hydrogen (secondary N) is 1. The molecule has 0 amide bonds. The van der Waals surface area contributed by atoms with Crippen LogP contribution < -0.4 is 5.32 Å². The van der Waals surface area contributed by atoms with Crippen molar-refractivity contribution in [3.05, 3.63) is 42.5 Å². The van der Waals surface area contributed by atoms with E-state index in [-0.39, 0.29) is 0 Å². The van der Waals surface area contributed by atoms with Gasteiger partial charge in [-0.05, 0) is 17.7 Å². The van der Waals surface area contributed by atoms with Gasteiger partial charge in [0, 0.05) is 25.2 Å². The summed E-state index contributed by atoms with van der Waals surface area (Å²) >= 11 is 1.68. The molecule has 0 radical (unpaired) electrons. The van der Waals surface area contributed by atoms with Gasteiger partial charge in [0.15, 0.2) is 0 Å². The van der Waals surface area contributed by atoms with Crippen LogP contribution in [0.25, 0.3) is 0 Å². The maximum absolute atomic E-state index is 4.25. The molecule has 0 unspecified atom stereocenters. The molecule has 5 heteroatoms. The van der Waals surface area contributed by atoms with Crippen molar-refractivity contribution in [3.63, 3.8) is 0 Å². The summed E-state index contributed by atoms with van der Waals surface area (Å²) in [7, 11) is 1.86. The molecule has 0 aliphatic heterocycles. The van der Waals surface area contributed by atoms with Crippen LogP contribution in [0.15, 0.2) is 41.9 Å². The third-order valence-corrected chi connectivity index (χ3v) is 3.04. The van der Waals surface area contributed by atoms with E-state index >= 15 is 0 Å². The first-order valence-corrected chi connectivity index (χ1v) is 5.88. The average molecular weight is 232 g/mol. The minimum absolute atomic E-state index is 0.869. The van der Waals surface area contributed by atoms with Gasteiger partial charge in [-0.2, -0.15) is 0 Å². The second-order valence-electron chi connectivity index (χ2n) is 3.14.